The lowest BCUT2D eigenvalue weighted by atomic mass is 9.85. The quantitative estimate of drug-likeness (QED) is 0.939. The molecule has 2 aliphatic heterocycles. The zero-order valence-electron chi connectivity index (χ0n) is 13.7. The van der Waals surface area contributed by atoms with Crippen molar-refractivity contribution in [3.63, 3.8) is 0 Å². The third-order valence-corrected chi connectivity index (χ3v) is 5.23. The van der Waals surface area contributed by atoms with Gasteiger partial charge in [-0.05, 0) is 30.5 Å². The number of carbonyl (C=O) groups is 1. The van der Waals surface area contributed by atoms with E-state index in [4.69, 9.17) is 0 Å². The van der Waals surface area contributed by atoms with E-state index in [0.29, 0.717) is 6.67 Å². The summed E-state index contributed by atoms with van der Waals surface area (Å²) < 4.78 is 0. The third-order valence-electron chi connectivity index (χ3n) is 5.23. The van der Waals surface area contributed by atoms with Crippen LogP contribution < -0.4 is 10.2 Å². The van der Waals surface area contributed by atoms with Crippen LogP contribution in [0.15, 0.2) is 54.9 Å². The predicted molar refractivity (Wildman–Crippen MR) is 93.4 cm³/mol. The Kier molecular flexibility index (Phi) is 3.94. The molecule has 1 N–H and O–H groups in total. The first-order valence-electron chi connectivity index (χ1n) is 8.50. The number of hydrogen-bond donors (Lipinski definition) is 1. The molecule has 1 spiro atoms. The second kappa shape index (κ2) is 6.24. The molecule has 5 heteroatoms. The molecule has 2 aliphatic rings. The van der Waals surface area contributed by atoms with Crippen molar-refractivity contribution in [1.29, 1.82) is 0 Å². The first-order valence-corrected chi connectivity index (χ1v) is 8.50. The molecule has 2 saturated heterocycles. The highest BCUT2D eigenvalue weighted by atomic mass is 16.2. The van der Waals surface area contributed by atoms with Crippen molar-refractivity contribution in [2.45, 2.75) is 24.9 Å². The highest BCUT2D eigenvalue weighted by Gasteiger charge is 2.50. The number of pyridine rings is 1. The minimum Gasteiger partial charge on any atom is -0.338 e. The summed E-state index contributed by atoms with van der Waals surface area (Å²) in [5.41, 5.74) is 1.93. The van der Waals surface area contributed by atoms with E-state index in [9.17, 15) is 4.79 Å². The Morgan fingerprint density at radius 1 is 1.08 bits per heavy atom. The second-order valence-corrected chi connectivity index (χ2v) is 6.60. The molecule has 0 bridgehead atoms. The number of hydrogen-bond acceptors (Lipinski definition) is 4. The SMILES string of the molecule is O=C1NCN(c2cccnc2)C12CCN(Cc1ccccc1)CC2. The molecule has 5 nitrogen and oxygen atoms in total. The molecule has 0 unspecified atom stereocenters. The molecule has 24 heavy (non-hydrogen) atoms. The molecule has 0 radical (unpaired) electrons. The van der Waals surface area contributed by atoms with Crippen LogP contribution in [0.5, 0.6) is 0 Å². The van der Waals surface area contributed by atoms with Gasteiger partial charge in [0, 0.05) is 25.8 Å². The molecular formula is C19H22N4O. The van der Waals surface area contributed by atoms with Gasteiger partial charge >= 0.3 is 0 Å². The maximum Gasteiger partial charge on any atom is 0.247 e. The zero-order valence-corrected chi connectivity index (χ0v) is 13.7. The lowest BCUT2D eigenvalue weighted by molar-refractivity contribution is -0.125. The largest absolute Gasteiger partial charge is 0.338 e. The summed E-state index contributed by atoms with van der Waals surface area (Å²) in [4.78, 5) is 21.5. The van der Waals surface area contributed by atoms with Gasteiger partial charge in [0.05, 0.1) is 18.6 Å². The van der Waals surface area contributed by atoms with E-state index in [2.05, 4.69) is 44.4 Å². The van der Waals surface area contributed by atoms with E-state index < -0.39 is 5.54 Å². The van der Waals surface area contributed by atoms with Gasteiger partial charge in [0.2, 0.25) is 5.91 Å². The topological polar surface area (TPSA) is 48.5 Å². The van der Waals surface area contributed by atoms with Gasteiger partial charge in [0.25, 0.3) is 0 Å². The van der Waals surface area contributed by atoms with E-state index in [0.717, 1.165) is 38.2 Å². The average Bonchev–Trinajstić information content (AvgIpc) is 2.95. The van der Waals surface area contributed by atoms with Crippen molar-refractivity contribution in [3.8, 4) is 0 Å². The minimum absolute atomic E-state index is 0.158. The van der Waals surface area contributed by atoms with Crippen LogP contribution in [0, 0.1) is 0 Å². The summed E-state index contributed by atoms with van der Waals surface area (Å²) in [5.74, 6) is 0.158. The summed E-state index contributed by atoms with van der Waals surface area (Å²) in [7, 11) is 0. The summed E-state index contributed by atoms with van der Waals surface area (Å²) in [6, 6.07) is 14.5. The number of benzene rings is 1. The summed E-state index contributed by atoms with van der Waals surface area (Å²) in [6.45, 7) is 3.38. The molecule has 124 valence electrons. The van der Waals surface area contributed by atoms with Gasteiger partial charge in [-0.15, -0.1) is 0 Å². The summed E-state index contributed by atoms with van der Waals surface area (Å²) in [6.07, 6.45) is 5.31. The number of carbonyl (C=O) groups excluding carboxylic acids is 1. The Bertz CT molecular complexity index is 696. The van der Waals surface area contributed by atoms with Gasteiger partial charge in [0.1, 0.15) is 5.54 Å². The summed E-state index contributed by atoms with van der Waals surface area (Å²) in [5, 5.41) is 3.03. The molecule has 0 saturated carbocycles. The minimum atomic E-state index is -0.420. The van der Waals surface area contributed by atoms with Crippen LogP contribution >= 0.6 is 0 Å². The fourth-order valence-corrected chi connectivity index (χ4v) is 3.86. The fourth-order valence-electron chi connectivity index (χ4n) is 3.86. The van der Waals surface area contributed by atoms with Crippen LogP contribution in [0.2, 0.25) is 0 Å². The van der Waals surface area contributed by atoms with E-state index in [1.54, 1.807) is 6.20 Å². The highest BCUT2D eigenvalue weighted by Crippen LogP contribution is 2.36. The molecule has 2 fully saturated rings. The van der Waals surface area contributed by atoms with Crippen LogP contribution in [0.4, 0.5) is 5.69 Å². The Hall–Kier alpha value is -2.40. The second-order valence-electron chi connectivity index (χ2n) is 6.60. The molecule has 1 amide bonds. The van der Waals surface area contributed by atoms with Gasteiger partial charge in [0.15, 0.2) is 0 Å². The Morgan fingerprint density at radius 2 is 1.88 bits per heavy atom. The smallest absolute Gasteiger partial charge is 0.247 e. The standard InChI is InChI=1S/C19H22N4O/c24-18-19(23(15-21-18)17-7-4-10-20-13-17)8-11-22(12-9-19)14-16-5-2-1-3-6-16/h1-7,10,13H,8-9,11-12,14-15H2,(H,21,24). The lowest BCUT2D eigenvalue weighted by Gasteiger charge is -2.43. The lowest BCUT2D eigenvalue weighted by Crippen LogP contribution is -2.56. The number of likely N-dealkylation sites (tertiary alicyclic amines) is 1. The first-order chi connectivity index (χ1) is 11.8. The van der Waals surface area contributed by atoms with Crippen molar-refractivity contribution in [3.05, 3.63) is 60.4 Å². The van der Waals surface area contributed by atoms with E-state index in [1.807, 2.05) is 24.4 Å². The average molecular weight is 322 g/mol. The van der Waals surface area contributed by atoms with E-state index in [-0.39, 0.29) is 5.91 Å². The van der Waals surface area contributed by atoms with Gasteiger partial charge in [-0.3, -0.25) is 14.7 Å². The van der Waals surface area contributed by atoms with Crippen molar-refractivity contribution in [2.24, 2.45) is 0 Å². The molecule has 4 rings (SSSR count). The van der Waals surface area contributed by atoms with Crippen LogP contribution in [0.3, 0.4) is 0 Å². The van der Waals surface area contributed by atoms with Crippen LogP contribution in [0.1, 0.15) is 18.4 Å². The molecule has 1 aromatic heterocycles. The Morgan fingerprint density at radius 3 is 2.58 bits per heavy atom. The highest BCUT2D eigenvalue weighted by molar-refractivity contribution is 5.93. The van der Waals surface area contributed by atoms with Crippen LogP contribution in [-0.2, 0) is 11.3 Å². The first kappa shape index (κ1) is 15.1. The molecule has 0 aliphatic carbocycles. The molecular weight excluding hydrogens is 300 g/mol. The zero-order chi connectivity index (χ0) is 16.4. The molecule has 0 atom stereocenters. The van der Waals surface area contributed by atoms with E-state index >= 15 is 0 Å². The molecule has 3 heterocycles. The Balaban J connectivity index is 1.49. The van der Waals surface area contributed by atoms with Gasteiger partial charge in [-0.2, -0.15) is 0 Å². The number of aromatic nitrogens is 1. The summed E-state index contributed by atoms with van der Waals surface area (Å²) >= 11 is 0. The number of piperidine rings is 1. The van der Waals surface area contributed by atoms with Gasteiger partial charge in [-0.25, -0.2) is 0 Å². The van der Waals surface area contributed by atoms with Crippen LogP contribution in [-0.4, -0.2) is 41.1 Å². The Labute approximate surface area is 142 Å². The number of rotatable bonds is 3. The van der Waals surface area contributed by atoms with Crippen LogP contribution in [0.25, 0.3) is 0 Å². The maximum atomic E-state index is 12.6. The maximum absolute atomic E-state index is 12.6. The monoisotopic (exact) mass is 322 g/mol. The van der Waals surface area contributed by atoms with Gasteiger partial charge < -0.3 is 10.2 Å². The number of amides is 1. The van der Waals surface area contributed by atoms with Crippen molar-refractivity contribution >= 4 is 11.6 Å². The number of anilines is 1. The van der Waals surface area contributed by atoms with Crippen molar-refractivity contribution in [2.75, 3.05) is 24.7 Å². The third kappa shape index (κ3) is 2.65. The fraction of sp³-hybridized carbons (Fsp3) is 0.368. The van der Waals surface area contributed by atoms with E-state index in [1.165, 1.54) is 5.56 Å². The molecule has 1 aromatic carbocycles. The number of nitrogens with one attached hydrogen (secondary N) is 1. The van der Waals surface area contributed by atoms with Gasteiger partial charge in [-0.1, -0.05) is 30.3 Å². The molecule has 2 aromatic rings. The van der Waals surface area contributed by atoms with Crippen molar-refractivity contribution in [1.82, 2.24) is 15.2 Å². The normalized spacial score (nSPS) is 20.3. The number of nitrogens with zero attached hydrogens (tertiary/aromatic N) is 3. The van der Waals surface area contributed by atoms with Crippen molar-refractivity contribution < 1.29 is 4.79 Å². The predicted octanol–water partition coefficient (Wildman–Crippen LogP) is 2.01.